The molecule has 0 bridgehead atoms. The largest absolute Gasteiger partial charge is 0.388 e. The highest BCUT2D eigenvalue weighted by Gasteiger charge is 2.29. The summed E-state index contributed by atoms with van der Waals surface area (Å²) in [4.78, 5) is 4.53. The van der Waals surface area contributed by atoms with E-state index in [4.69, 9.17) is 27.9 Å². The predicted octanol–water partition coefficient (Wildman–Crippen LogP) is 3.64. The van der Waals surface area contributed by atoms with Crippen LogP contribution in [0.25, 0.3) is 0 Å². The van der Waals surface area contributed by atoms with E-state index in [2.05, 4.69) is 15.6 Å². The summed E-state index contributed by atoms with van der Waals surface area (Å²) < 4.78 is 5.30. The van der Waals surface area contributed by atoms with Gasteiger partial charge in [-0.2, -0.15) is 0 Å². The number of aliphatic hydroxyl groups is 1. The van der Waals surface area contributed by atoms with Crippen LogP contribution >= 0.6 is 47.2 Å². The van der Waals surface area contributed by atoms with Gasteiger partial charge < -0.3 is 20.5 Å². The van der Waals surface area contributed by atoms with Crippen LogP contribution < -0.4 is 10.6 Å². The summed E-state index contributed by atoms with van der Waals surface area (Å²) in [7, 11) is 0. The molecule has 0 atom stereocenters. The lowest BCUT2D eigenvalue weighted by Crippen LogP contribution is -2.42. The SMILES string of the molecule is CCNC(=NCC1(O)CCOCC1)NCCCc1ccc(Cl)cc1Cl.I. The highest BCUT2D eigenvalue weighted by Crippen LogP contribution is 2.22. The van der Waals surface area contributed by atoms with E-state index in [0.29, 0.717) is 42.6 Å². The molecule has 5 nitrogen and oxygen atoms in total. The minimum Gasteiger partial charge on any atom is -0.388 e. The van der Waals surface area contributed by atoms with Gasteiger partial charge in [-0.15, -0.1) is 24.0 Å². The van der Waals surface area contributed by atoms with Crippen LogP contribution in [0, 0.1) is 0 Å². The number of ether oxygens (including phenoxy) is 1. The molecule has 0 spiro atoms. The van der Waals surface area contributed by atoms with Crippen LogP contribution in [0.4, 0.5) is 0 Å². The van der Waals surface area contributed by atoms with Gasteiger partial charge in [-0.3, -0.25) is 4.99 Å². The molecule has 0 aliphatic carbocycles. The molecule has 1 aromatic carbocycles. The Labute approximate surface area is 182 Å². The van der Waals surface area contributed by atoms with Gasteiger partial charge in [0.05, 0.1) is 12.1 Å². The van der Waals surface area contributed by atoms with Gasteiger partial charge in [0.2, 0.25) is 0 Å². The zero-order valence-electron chi connectivity index (χ0n) is 15.1. The van der Waals surface area contributed by atoms with E-state index in [1.54, 1.807) is 6.07 Å². The third-order valence-electron chi connectivity index (χ3n) is 4.23. The van der Waals surface area contributed by atoms with E-state index in [1.165, 1.54) is 0 Å². The molecule has 0 saturated carbocycles. The van der Waals surface area contributed by atoms with Crippen LogP contribution in [0.1, 0.15) is 31.7 Å². The first kappa shape index (κ1) is 23.8. The van der Waals surface area contributed by atoms with Gasteiger partial charge in [0.1, 0.15) is 0 Å². The molecule has 0 amide bonds. The molecule has 148 valence electrons. The van der Waals surface area contributed by atoms with Crippen LogP contribution in [0.2, 0.25) is 10.0 Å². The lowest BCUT2D eigenvalue weighted by atomic mass is 9.95. The van der Waals surface area contributed by atoms with Crippen LogP contribution in [0.15, 0.2) is 23.2 Å². The molecular formula is C18H28Cl2IN3O2. The van der Waals surface area contributed by atoms with E-state index < -0.39 is 5.60 Å². The third kappa shape index (κ3) is 8.17. The van der Waals surface area contributed by atoms with Gasteiger partial charge in [-0.25, -0.2) is 0 Å². The van der Waals surface area contributed by atoms with E-state index in [0.717, 1.165) is 37.5 Å². The highest BCUT2D eigenvalue weighted by molar-refractivity contribution is 14.0. The van der Waals surface area contributed by atoms with Crippen molar-refractivity contribution < 1.29 is 9.84 Å². The van der Waals surface area contributed by atoms with Gasteiger partial charge >= 0.3 is 0 Å². The molecule has 8 heteroatoms. The van der Waals surface area contributed by atoms with Crippen LogP contribution in [0.3, 0.4) is 0 Å². The Morgan fingerprint density at radius 3 is 2.65 bits per heavy atom. The zero-order valence-corrected chi connectivity index (χ0v) is 18.9. The topological polar surface area (TPSA) is 65.9 Å². The fourth-order valence-corrected chi connectivity index (χ4v) is 3.19. The molecule has 0 radical (unpaired) electrons. The van der Waals surface area contributed by atoms with Gasteiger partial charge in [0.15, 0.2) is 5.96 Å². The molecule has 1 aliphatic heterocycles. The first-order valence-electron chi connectivity index (χ1n) is 8.79. The highest BCUT2D eigenvalue weighted by atomic mass is 127. The predicted molar refractivity (Wildman–Crippen MR) is 119 cm³/mol. The first-order chi connectivity index (χ1) is 12.0. The zero-order chi connectivity index (χ0) is 18.1. The lowest BCUT2D eigenvalue weighted by Gasteiger charge is -2.30. The maximum absolute atomic E-state index is 10.5. The Bertz CT molecular complexity index is 582. The van der Waals surface area contributed by atoms with Crippen molar-refractivity contribution in [2.24, 2.45) is 4.99 Å². The fraction of sp³-hybridized carbons (Fsp3) is 0.611. The summed E-state index contributed by atoms with van der Waals surface area (Å²) in [5, 5.41) is 18.4. The summed E-state index contributed by atoms with van der Waals surface area (Å²) in [6.07, 6.45) is 3.05. The second kappa shape index (κ2) is 12.2. The Hall–Kier alpha value is -0.280. The standard InChI is InChI=1S/C18H27Cl2N3O2.HI/c1-2-21-17(23-13-18(24)7-10-25-11-8-18)22-9-3-4-14-5-6-15(19)12-16(14)20;/h5-6,12,24H,2-4,7-11,13H2,1H3,(H2,21,22,23);1H. The molecule has 2 rings (SSSR count). The van der Waals surface area contributed by atoms with Gasteiger partial charge in [0, 0.05) is 49.2 Å². The van der Waals surface area contributed by atoms with Crippen molar-refractivity contribution >= 4 is 53.1 Å². The Morgan fingerprint density at radius 1 is 1.27 bits per heavy atom. The van der Waals surface area contributed by atoms with Crippen molar-refractivity contribution in [2.75, 3.05) is 32.8 Å². The van der Waals surface area contributed by atoms with Crippen LogP contribution in [-0.4, -0.2) is 49.5 Å². The summed E-state index contributed by atoms with van der Waals surface area (Å²) in [6.45, 7) is 5.14. The quantitative estimate of drug-likeness (QED) is 0.224. The van der Waals surface area contributed by atoms with Crippen molar-refractivity contribution in [1.82, 2.24) is 10.6 Å². The number of halogens is 3. The van der Waals surface area contributed by atoms with E-state index >= 15 is 0 Å². The molecule has 1 aromatic rings. The van der Waals surface area contributed by atoms with Gasteiger partial charge in [0.25, 0.3) is 0 Å². The number of aliphatic imine (C=N–C) groups is 1. The Kier molecular flexibility index (Phi) is 11.2. The second-order valence-electron chi connectivity index (χ2n) is 6.30. The van der Waals surface area contributed by atoms with E-state index in [-0.39, 0.29) is 24.0 Å². The van der Waals surface area contributed by atoms with Crippen molar-refractivity contribution in [2.45, 2.75) is 38.2 Å². The summed E-state index contributed by atoms with van der Waals surface area (Å²) in [5.74, 6) is 0.726. The lowest BCUT2D eigenvalue weighted by molar-refractivity contribution is -0.0565. The van der Waals surface area contributed by atoms with E-state index in [9.17, 15) is 5.11 Å². The molecular weight excluding hydrogens is 488 g/mol. The molecule has 26 heavy (non-hydrogen) atoms. The van der Waals surface area contributed by atoms with Crippen LogP contribution in [0.5, 0.6) is 0 Å². The number of nitrogens with one attached hydrogen (secondary N) is 2. The number of aryl methyl sites for hydroxylation is 1. The molecule has 0 unspecified atom stereocenters. The minimum absolute atomic E-state index is 0. The maximum Gasteiger partial charge on any atom is 0.191 e. The summed E-state index contributed by atoms with van der Waals surface area (Å²) >= 11 is 12.1. The number of nitrogens with zero attached hydrogens (tertiary/aromatic N) is 1. The first-order valence-corrected chi connectivity index (χ1v) is 9.54. The third-order valence-corrected chi connectivity index (χ3v) is 4.82. The van der Waals surface area contributed by atoms with Gasteiger partial charge in [-0.05, 0) is 37.5 Å². The van der Waals surface area contributed by atoms with Gasteiger partial charge in [-0.1, -0.05) is 29.3 Å². The molecule has 0 aromatic heterocycles. The summed E-state index contributed by atoms with van der Waals surface area (Å²) in [6, 6.07) is 5.59. The van der Waals surface area contributed by atoms with Crippen molar-refractivity contribution in [3.63, 3.8) is 0 Å². The number of guanidine groups is 1. The van der Waals surface area contributed by atoms with Crippen molar-refractivity contribution in [3.8, 4) is 0 Å². The van der Waals surface area contributed by atoms with Crippen molar-refractivity contribution in [1.29, 1.82) is 0 Å². The minimum atomic E-state index is -0.753. The monoisotopic (exact) mass is 515 g/mol. The molecule has 1 heterocycles. The average Bonchev–Trinajstić information content (AvgIpc) is 2.58. The van der Waals surface area contributed by atoms with Crippen LogP contribution in [-0.2, 0) is 11.2 Å². The smallest absolute Gasteiger partial charge is 0.191 e. The fourth-order valence-electron chi connectivity index (χ4n) is 2.69. The molecule has 1 saturated heterocycles. The number of benzene rings is 1. The Balaban J connectivity index is 0.00000338. The summed E-state index contributed by atoms with van der Waals surface area (Å²) in [5.41, 5.74) is 0.337. The molecule has 3 N–H and O–H groups in total. The normalized spacial score (nSPS) is 16.7. The second-order valence-corrected chi connectivity index (χ2v) is 7.14. The Morgan fingerprint density at radius 2 is 2.00 bits per heavy atom. The van der Waals surface area contributed by atoms with Crippen molar-refractivity contribution in [3.05, 3.63) is 33.8 Å². The maximum atomic E-state index is 10.5. The average molecular weight is 516 g/mol. The number of hydrogen-bond acceptors (Lipinski definition) is 3. The number of rotatable bonds is 7. The number of hydrogen-bond donors (Lipinski definition) is 3. The molecule has 1 aliphatic rings. The molecule has 1 fully saturated rings. The van der Waals surface area contributed by atoms with E-state index in [1.807, 2.05) is 19.1 Å².